The summed E-state index contributed by atoms with van der Waals surface area (Å²) in [7, 11) is 2.18. The maximum atomic E-state index is 12.3. The van der Waals surface area contributed by atoms with Crippen LogP contribution in [0.3, 0.4) is 0 Å². The molecule has 0 aromatic heterocycles. The van der Waals surface area contributed by atoms with E-state index >= 15 is 0 Å². The zero-order valence-corrected chi connectivity index (χ0v) is 13.7. The Morgan fingerprint density at radius 2 is 1.86 bits per heavy atom. The average Bonchev–Trinajstić information content (AvgIpc) is 2.80. The minimum absolute atomic E-state index is 0.279. The lowest BCUT2D eigenvalue weighted by molar-refractivity contribution is -0.122. The molecule has 3 aliphatic heterocycles. The molecule has 3 heterocycles. The Hall–Kier alpha value is -0.610. The Morgan fingerprint density at radius 3 is 2.48 bits per heavy atom. The lowest BCUT2D eigenvalue weighted by Gasteiger charge is -2.38. The van der Waals surface area contributed by atoms with Crippen LogP contribution in [0, 0.1) is 11.3 Å². The summed E-state index contributed by atoms with van der Waals surface area (Å²) < 4.78 is 0. The van der Waals surface area contributed by atoms with E-state index in [-0.39, 0.29) is 5.91 Å². The summed E-state index contributed by atoms with van der Waals surface area (Å²) in [5.74, 6) is 0.885. The van der Waals surface area contributed by atoms with Gasteiger partial charge in [-0.3, -0.25) is 4.79 Å². The summed E-state index contributed by atoms with van der Waals surface area (Å²) in [6.45, 7) is 5.50. The van der Waals surface area contributed by atoms with E-state index in [2.05, 4.69) is 29.5 Å². The van der Waals surface area contributed by atoms with Gasteiger partial charge < -0.3 is 15.5 Å². The molecule has 2 bridgehead atoms. The number of hydrogen-bond acceptors (Lipinski definition) is 3. The van der Waals surface area contributed by atoms with Gasteiger partial charge in [0, 0.05) is 25.0 Å². The molecule has 0 aromatic carbocycles. The fourth-order valence-corrected chi connectivity index (χ4v) is 4.32. The molecule has 4 nitrogen and oxygen atoms in total. The van der Waals surface area contributed by atoms with Gasteiger partial charge >= 0.3 is 0 Å². The number of rotatable bonds is 4. The van der Waals surface area contributed by atoms with Crippen molar-refractivity contribution in [2.24, 2.45) is 11.3 Å². The van der Waals surface area contributed by atoms with Crippen molar-refractivity contribution >= 4 is 5.91 Å². The number of carbonyl (C=O) groups is 1. The third-order valence-electron chi connectivity index (χ3n) is 5.95. The van der Waals surface area contributed by atoms with E-state index in [0.29, 0.717) is 23.4 Å². The molecule has 3 rings (SSSR count). The first kappa shape index (κ1) is 15.3. The molecule has 2 unspecified atom stereocenters. The molecule has 3 aliphatic rings. The van der Waals surface area contributed by atoms with Gasteiger partial charge in [0.2, 0.25) is 5.91 Å². The molecule has 21 heavy (non-hydrogen) atoms. The van der Waals surface area contributed by atoms with E-state index in [0.717, 1.165) is 26.1 Å². The van der Waals surface area contributed by atoms with Crippen molar-refractivity contribution in [1.29, 1.82) is 0 Å². The van der Waals surface area contributed by atoms with Crippen LogP contribution >= 0.6 is 0 Å². The predicted octanol–water partition coefficient (Wildman–Crippen LogP) is 1.76. The van der Waals surface area contributed by atoms with Gasteiger partial charge in [-0.15, -0.1) is 0 Å². The van der Waals surface area contributed by atoms with Crippen molar-refractivity contribution < 1.29 is 4.79 Å². The fraction of sp³-hybridized carbons (Fsp3) is 0.941. The summed E-state index contributed by atoms with van der Waals surface area (Å²) in [5, 5.41) is 6.88. The van der Waals surface area contributed by atoms with E-state index in [1.807, 2.05) is 0 Å². The van der Waals surface area contributed by atoms with E-state index in [9.17, 15) is 4.79 Å². The minimum Gasteiger partial charge on any atom is -0.356 e. The molecular weight excluding hydrogens is 262 g/mol. The van der Waals surface area contributed by atoms with Gasteiger partial charge in [-0.2, -0.15) is 0 Å². The molecule has 3 saturated heterocycles. The number of amides is 1. The Balaban J connectivity index is 1.40. The normalized spacial score (nSPS) is 35.6. The van der Waals surface area contributed by atoms with Crippen molar-refractivity contribution in [3.63, 3.8) is 0 Å². The number of fused-ring (bicyclic) bond motifs is 2. The van der Waals surface area contributed by atoms with E-state index < -0.39 is 0 Å². The number of nitrogens with zero attached hydrogens (tertiary/aromatic N) is 1. The first-order chi connectivity index (χ1) is 10.0. The number of carbonyl (C=O) groups excluding carboxylic acids is 1. The van der Waals surface area contributed by atoms with Crippen LogP contribution in [-0.2, 0) is 4.79 Å². The third kappa shape index (κ3) is 3.98. The van der Waals surface area contributed by atoms with Crippen LogP contribution in [-0.4, -0.2) is 49.6 Å². The summed E-state index contributed by atoms with van der Waals surface area (Å²) in [4.78, 5) is 14.6. The van der Waals surface area contributed by atoms with Crippen LogP contribution in [0.5, 0.6) is 0 Å². The van der Waals surface area contributed by atoms with Gasteiger partial charge in [0.25, 0.3) is 0 Å². The first-order valence-electron chi connectivity index (χ1n) is 8.74. The number of likely N-dealkylation sites (tertiary alicyclic amines) is 1. The highest BCUT2D eigenvalue weighted by Crippen LogP contribution is 2.33. The predicted molar refractivity (Wildman–Crippen MR) is 85.1 cm³/mol. The molecule has 0 spiro atoms. The molecular formula is C17H31N3O. The van der Waals surface area contributed by atoms with Crippen molar-refractivity contribution in [1.82, 2.24) is 15.5 Å². The summed E-state index contributed by atoms with van der Waals surface area (Å²) in [5.41, 5.74) is 0.301. The van der Waals surface area contributed by atoms with Crippen molar-refractivity contribution in [2.75, 3.05) is 26.7 Å². The van der Waals surface area contributed by atoms with Gasteiger partial charge in [0.05, 0.1) is 0 Å². The molecule has 0 saturated carbocycles. The van der Waals surface area contributed by atoms with Crippen LogP contribution in [0.25, 0.3) is 0 Å². The number of piperidine rings is 2. The first-order valence-corrected chi connectivity index (χ1v) is 8.74. The zero-order valence-electron chi connectivity index (χ0n) is 13.7. The Kier molecular flexibility index (Phi) is 4.55. The molecule has 2 atom stereocenters. The van der Waals surface area contributed by atoms with Gasteiger partial charge in [0.15, 0.2) is 0 Å². The highest BCUT2D eigenvalue weighted by molar-refractivity contribution is 5.76. The molecule has 0 aliphatic carbocycles. The van der Waals surface area contributed by atoms with Crippen molar-refractivity contribution in [3.8, 4) is 0 Å². The number of hydrogen-bond donors (Lipinski definition) is 2. The van der Waals surface area contributed by atoms with Gasteiger partial charge in [0.1, 0.15) is 0 Å². The maximum absolute atomic E-state index is 12.3. The second-order valence-electron chi connectivity index (χ2n) is 8.07. The molecule has 0 aromatic rings. The topological polar surface area (TPSA) is 44.4 Å². The molecule has 2 N–H and O–H groups in total. The highest BCUT2D eigenvalue weighted by Gasteiger charge is 2.34. The van der Waals surface area contributed by atoms with Crippen LogP contribution in [0.15, 0.2) is 0 Å². The second kappa shape index (κ2) is 6.25. The lowest BCUT2D eigenvalue weighted by atomic mass is 9.80. The van der Waals surface area contributed by atoms with Gasteiger partial charge in [-0.1, -0.05) is 6.92 Å². The lowest BCUT2D eigenvalue weighted by Crippen LogP contribution is -2.44. The van der Waals surface area contributed by atoms with Crippen molar-refractivity contribution in [2.45, 2.75) is 64.0 Å². The molecule has 0 radical (unpaired) electrons. The van der Waals surface area contributed by atoms with E-state index in [1.165, 1.54) is 38.5 Å². The zero-order chi connectivity index (χ0) is 14.9. The summed E-state index contributed by atoms with van der Waals surface area (Å²) in [6, 6.07) is 1.38. The Labute approximate surface area is 129 Å². The molecule has 120 valence electrons. The Morgan fingerprint density at radius 1 is 1.24 bits per heavy atom. The molecule has 1 amide bonds. The maximum Gasteiger partial charge on any atom is 0.220 e. The quantitative estimate of drug-likeness (QED) is 0.830. The SMILES string of the molecule is CN1CCC(C)(CNC(=O)CC2CC3CCC(C2)N3)CC1. The van der Waals surface area contributed by atoms with Gasteiger partial charge in [-0.25, -0.2) is 0 Å². The fourth-order valence-electron chi connectivity index (χ4n) is 4.32. The molecule has 4 heteroatoms. The monoisotopic (exact) mass is 293 g/mol. The second-order valence-corrected chi connectivity index (χ2v) is 8.07. The highest BCUT2D eigenvalue weighted by atomic mass is 16.1. The van der Waals surface area contributed by atoms with Crippen LogP contribution in [0.1, 0.15) is 51.9 Å². The Bertz CT molecular complexity index is 364. The van der Waals surface area contributed by atoms with E-state index in [1.54, 1.807) is 0 Å². The minimum atomic E-state index is 0.279. The van der Waals surface area contributed by atoms with Crippen LogP contribution in [0.2, 0.25) is 0 Å². The van der Waals surface area contributed by atoms with Gasteiger partial charge in [-0.05, 0) is 70.0 Å². The van der Waals surface area contributed by atoms with Crippen molar-refractivity contribution in [3.05, 3.63) is 0 Å². The largest absolute Gasteiger partial charge is 0.356 e. The van der Waals surface area contributed by atoms with E-state index in [4.69, 9.17) is 0 Å². The third-order valence-corrected chi connectivity index (χ3v) is 5.95. The van der Waals surface area contributed by atoms with Crippen LogP contribution < -0.4 is 10.6 Å². The standard InChI is InChI=1S/C17H31N3O/c1-17(5-7-20(2)8-6-17)12-18-16(21)11-13-9-14-3-4-15(10-13)19-14/h13-15,19H,3-12H2,1-2H3,(H,18,21). The smallest absolute Gasteiger partial charge is 0.220 e. The van der Waals surface area contributed by atoms with Crippen LogP contribution in [0.4, 0.5) is 0 Å². The summed E-state index contributed by atoms with van der Waals surface area (Å²) >= 11 is 0. The summed E-state index contributed by atoms with van der Waals surface area (Å²) in [6.07, 6.45) is 8.16. The number of nitrogens with one attached hydrogen (secondary N) is 2. The molecule has 3 fully saturated rings. The average molecular weight is 293 g/mol.